The molecule has 98 valence electrons. The summed E-state index contributed by atoms with van der Waals surface area (Å²) >= 11 is 0. The molecule has 3 rings (SSSR count). The smallest absolute Gasteiger partial charge is 0.240 e. The molecule has 4 heteroatoms. The van der Waals surface area contributed by atoms with Crippen LogP contribution in [0, 0.1) is 5.41 Å². The molecule has 4 nitrogen and oxygen atoms in total. The molecule has 0 amide bonds. The van der Waals surface area contributed by atoms with Crippen LogP contribution < -0.4 is 5.32 Å². The average molecular weight is 256 g/mol. The van der Waals surface area contributed by atoms with Crippen LogP contribution >= 0.6 is 0 Å². The topological polar surface area (TPSA) is 55.1 Å². The highest BCUT2D eigenvalue weighted by molar-refractivity contribution is 6.03. The van der Waals surface area contributed by atoms with Crippen LogP contribution in [-0.4, -0.2) is 10.9 Å². The molecule has 0 bridgehead atoms. The number of para-hydroxylation sites is 1. The van der Waals surface area contributed by atoms with E-state index in [1.54, 1.807) is 0 Å². The van der Waals surface area contributed by atoms with E-state index < -0.39 is 0 Å². The lowest BCUT2D eigenvalue weighted by Crippen LogP contribution is -2.26. The van der Waals surface area contributed by atoms with Crippen molar-refractivity contribution >= 4 is 17.4 Å². The van der Waals surface area contributed by atoms with Gasteiger partial charge in [-0.15, -0.1) is 0 Å². The monoisotopic (exact) mass is 256 g/mol. The second-order valence-corrected chi connectivity index (χ2v) is 5.77. The molecule has 1 aliphatic rings. The van der Waals surface area contributed by atoms with Crippen molar-refractivity contribution in [3.05, 3.63) is 41.6 Å². The van der Waals surface area contributed by atoms with E-state index in [9.17, 15) is 4.79 Å². The van der Waals surface area contributed by atoms with Gasteiger partial charge >= 0.3 is 0 Å². The van der Waals surface area contributed by atoms with E-state index in [-0.39, 0.29) is 11.2 Å². The Labute approximate surface area is 111 Å². The van der Waals surface area contributed by atoms with Crippen LogP contribution in [-0.2, 0) is 6.42 Å². The van der Waals surface area contributed by atoms with E-state index in [4.69, 9.17) is 4.52 Å². The first-order valence-electron chi connectivity index (χ1n) is 6.39. The number of nitrogens with zero attached hydrogens (tertiary/aromatic N) is 1. The lowest BCUT2D eigenvalue weighted by atomic mass is 9.76. The van der Waals surface area contributed by atoms with Gasteiger partial charge in [0, 0.05) is 12.1 Å². The van der Waals surface area contributed by atoms with Crippen molar-refractivity contribution < 1.29 is 9.32 Å². The van der Waals surface area contributed by atoms with Crippen LogP contribution in [0.1, 0.15) is 36.3 Å². The van der Waals surface area contributed by atoms with Crippen LogP contribution in [0.4, 0.5) is 11.6 Å². The van der Waals surface area contributed by atoms with Gasteiger partial charge in [-0.1, -0.05) is 37.2 Å². The summed E-state index contributed by atoms with van der Waals surface area (Å²) in [7, 11) is 0. The number of nitrogens with one attached hydrogen (secondary N) is 1. The lowest BCUT2D eigenvalue weighted by Gasteiger charge is -2.26. The maximum atomic E-state index is 12.2. The number of fused-ring (bicyclic) bond motifs is 1. The van der Waals surface area contributed by atoms with Gasteiger partial charge in [-0.25, -0.2) is 0 Å². The minimum absolute atomic E-state index is 0.0367. The number of benzene rings is 1. The molecule has 0 fully saturated rings. The second kappa shape index (κ2) is 4.23. The van der Waals surface area contributed by atoms with Gasteiger partial charge in [0.25, 0.3) is 0 Å². The molecule has 2 aromatic rings. The van der Waals surface area contributed by atoms with Gasteiger partial charge in [0.15, 0.2) is 5.78 Å². The Bertz CT molecular complexity index is 614. The molecule has 0 atom stereocenters. The van der Waals surface area contributed by atoms with Crippen molar-refractivity contribution in [1.82, 2.24) is 5.16 Å². The zero-order chi connectivity index (χ0) is 13.5. The molecule has 1 aliphatic carbocycles. The molecule has 0 spiro atoms. The summed E-state index contributed by atoms with van der Waals surface area (Å²) in [6.07, 6.45) is 1.30. The van der Waals surface area contributed by atoms with Gasteiger partial charge < -0.3 is 9.84 Å². The van der Waals surface area contributed by atoms with E-state index in [1.807, 2.05) is 30.3 Å². The number of anilines is 2. The van der Waals surface area contributed by atoms with Gasteiger partial charge in [0.05, 0.1) is 5.69 Å². The number of carbonyl (C=O) groups excluding carboxylic acids is 1. The molecule has 1 heterocycles. The van der Waals surface area contributed by atoms with Gasteiger partial charge in [0.2, 0.25) is 5.88 Å². The van der Waals surface area contributed by atoms with E-state index in [1.165, 1.54) is 0 Å². The fraction of sp³-hybridized carbons (Fsp3) is 0.333. The number of hydrogen-bond acceptors (Lipinski definition) is 4. The average Bonchev–Trinajstić information content (AvgIpc) is 2.72. The van der Waals surface area contributed by atoms with Gasteiger partial charge in [-0.2, -0.15) is 0 Å². The summed E-state index contributed by atoms with van der Waals surface area (Å²) in [4.78, 5) is 12.2. The summed E-state index contributed by atoms with van der Waals surface area (Å²) < 4.78 is 5.30. The number of aromatic nitrogens is 1. The molecule has 19 heavy (non-hydrogen) atoms. The number of ketones is 1. The van der Waals surface area contributed by atoms with Crippen molar-refractivity contribution in [3.8, 4) is 0 Å². The first-order chi connectivity index (χ1) is 9.05. The molecule has 1 aromatic heterocycles. The SMILES string of the molecule is CC1(C)CC(=O)c2c(noc2Nc2ccccc2)C1. The quantitative estimate of drug-likeness (QED) is 0.892. The number of hydrogen-bond donors (Lipinski definition) is 1. The van der Waals surface area contributed by atoms with E-state index in [2.05, 4.69) is 24.3 Å². The van der Waals surface area contributed by atoms with Gasteiger partial charge in [-0.05, 0) is 24.0 Å². The highest BCUT2D eigenvalue weighted by atomic mass is 16.5. The Morgan fingerprint density at radius 2 is 1.95 bits per heavy atom. The van der Waals surface area contributed by atoms with E-state index in [0.717, 1.165) is 17.8 Å². The Morgan fingerprint density at radius 3 is 2.68 bits per heavy atom. The molecule has 0 saturated heterocycles. The Hall–Kier alpha value is -2.10. The standard InChI is InChI=1S/C15H16N2O2/c1-15(2)8-11-13(12(18)9-15)14(19-17-11)16-10-6-4-3-5-7-10/h3-7,16H,8-9H2,1-2H3. The fourth-order valence-electron chi connectivity index (χ4n) is 2.51. The largest absolute Gasteiger partial charge is 0.337 e. The van der Waals surface area contributed by atoms with Crippen molar-refractivity contribution in [2.45, 2.75) is 26.7 Å². The zero-order valence-corrected chi connectivity index (χ0v) is 11.1. The second-order valence-electron chi connectivity index (χ2n) is 5.77. The Morgan fingerprint density at radius 1 is 1.21 bits per heavy atom. The fourth-order valence-corrected chi connectivity index (χ4v) is 2.51. The number of carbonyl (C=O) groups is 1. The molecule has 1 aromatic carbocycles. The van der Waals surface area contributed by atoms with Crippen LogP contribution in [0.3, 0.4) is 0 Å². The summed E-state index contributed by atoms with van der Waals surface area (Å²) in [6, 6.07) is 9.64. The molecule has 0 radical (unpaired) electrons. The maximum Gasteiger partial charge on any atom is 0.240 e. The van der Waals surface area contributed by atoms with E-state index >= 15 is 0 Å². The maximum absolute atomic E-state index is 12.2. The summed E-state index contributed by atoms with van der Waals surface area (Å²) in [5.41, 5.74) is 2.23. The third-order valence-corrected chi connectivity index (χ3v) is 3.36. The van der Waals surface area contributed by atoms with Gasteiger partial charge in [-0.3, -0.25) is 4.79 Å². The first kappa shape index (κ1) is 12.0. The molecular formula is C15H16N2O2. The lowest BCUT2D eigenvalue weighted by molar-refractivity contribution is 0.0912. The normalized spacial score (nSPS) is 17.1. The van der Waals surface area contributed by atoms with E-state index in [0.29, 0.717) is 17.9 Å². The molecule has 0 saturated carbocycles. The molecule has 0 unspecified atom stereocenters. The minimum Gasteiger partial charge on any atom is -0.337 e. The Balaban J connectivity index is 1.94. The Kier molecular flexibility index (Phi) is 2.66. The molecule has 0 aliphatic heterocycles. The zero-order valence-electron chi connectivity index (χ0n) is 11.1. The predicted molar refractivity (Wildman–Crippen MR) is 72.7 cm³/mol. The van der Waals surface area contributed by atoms with Crippen molar-refractivity contribution in [3.63, 3.8) is 0 Å². The third-order valence-electron chi connectivity index (χ3n) is 3.36. The first-order valence-corrected chi connectivity index (χ1v) is 6.39. The van der Waals surface area contributed by atoms with Crippen molar-refractivity contribution in [1.29, 1.82) is 0 Å². The summed E-state index contributed by atoms with van der Waals surface area (Å²) in [5, 5.41) is 7.16. The molecule has 1 N–H and O–H groups in total. The van der Waals surface area contributed by atoms with Gasteiger partial charge in [0.1, 0.15) is 5.56 Å². The van der Waals surface area contributed by atoms with Crippen molar-refractivity contribution in [2.24, 2.45) is 5.41 Å². The van der Waals surface area contributed by atoms with Crippen LogP contribution in [0.25, 0.3) is 0 Å². The highest BCUT2D eigenvalue weighted by Gasteiger charge is 2.36. The summed E-state index contributed by atoms with van der Waals surface area (Å²) in [5.74, 6) is 0.563. The number of Topliss-reactive ketones (excluding diaryl/α,β-unsaturated/α-hetero) is 1. The van der Waals surface area contributed by atoms with Crippen LogP contribution in [0.15, 0.2) is 34.9 Å². The third kappa shape index (κ3) is 2.26. The van der Waals surface area contributed by atoms with Crippen LogP contribution in [0.5, 0.6) is 0 Å². The molecular weight excluding hydrogens is 240 g/mol. The number of rotatable bonds is 2. The minimum atomic E-state index is -0.0367. The van der Waals surface area contributed by atoms with Crippen molar-refractivity contribution in [2.75, 3.05) is 5.32 Å². The summed E-state index contributed by atoms with van der Waals surface area (Å²) in [6.45, 7) is 4.15. The highest BCUT2D eigenvalue weighted by Crippen LogP contribution is 2.38. The van der Waals surface area contributed by atoms with Crippen LogP contribution in [0.2, 0.25) is 0 Å². The predicted octanol–water partition coefficient (Wildman–Crippen LogP) is 3.57.